The lowest BCUT2D eigenvalue weighted by Crippen LogP contribution is -2.49. The van der Waals surface area contributed by atoms with Gasteiger partial charge in [-0.15, -0.1) is 0 Å². The van der Waals surface area contributed by atoms with E-state index in [4.69, 9.17) is 15.2 Å². The number of rotatable bonds is 5. The van der Waals surface area contributed by atoms with Crippen molar-refractivity contribution < 1.29 is 14.3 Å². The molecule has 1 atom stereocenters. The van der Waals surface area contributed by atoms with Crippen molar-refractivity contribution in [2.75, 3.05) is 32.6 Å². The van der Waals surface area contributed by atoms with Gasteiger partial charge in [0.1, 0.15) is 5.60 Å². The summed E-state index contributed by atoms with van der Waals surface area (Å²) in [5, 5.41) is 2.99. The molecule has 1 heterocycles. The number of nitrogen functional groups attached to an aromatic ring is 1. The van der Waals surface area contributed by atoms with Gasteiger partial charge in [0.05, 0.1) is 12.0 Å². The number of hydrogen-bond donors (Lipinski definition) is 2. The van der Waals surface area contributed by atoms with E-state index in [2.05, 4.69) is 5.32 Å². The quantitative estimate of drug-likeness (QED) is 0.806. The van der Waals surface area contributed by atoms with Crippen molar-refractivity contribution in [2.24, 2.45) is 0 Å². The molecule has 0 aliphatic carbocycles. The molecule has 5 heteroatoms. The fraction of sp³-hybridized carbons (Fsp3) is 0.562. The predicted molar refractivity (Wildman–Crippen MR) is 82.1 cm³/mol. The van der Waals surface area contributed by atoms with E-state index in [1.807, 2.05) is 38.1 Å². The number of ether oxygens (including phenoxy) is 2. The molecule has 1 unspecified atom stereocenters. The van der Waals surface area contributed by atoms with Crippen molar-refractivity contribution >= 4 is 11.6 Å². The number of nitrogens with two attached hydrogens (primary N) is 1. The van der Waals surface area contributed by atoms with Crippen LogP contribution >= 0.6 is 0 Å². The minimum absolute atomic E-state index is 0.0319. The standard InChI is InChI=1S/C16H24N2O3/c1-15(2,12-4-6-13(17)7-5-12)14(19)18-10-16(20-3)8-9-21-11-16/h4-7H,8-11,17H2,1-3H3,(H,18,19). The lowest BCUT2D eigenvalue weighted by atomic mass is 9.83. The first-order valence-corrected chi connectivity index (χ1v) is 7.17. The lowest BCUT2D eigenvalue weighted by molar-refractivity contribution is -0.127. The first-order chi connectivity index (χ1) is 9.89. The maximum Gasteiger partial charge on any atom is 0.230 e. The SMILES string of the molecule is COC1(CNC(=O)C(C)(C)c2ccc(N)cc2)CCOC1. The number of amides is 1. The van der Waals surface area contributed by atoms with E-state index in [9.17, 15) is 4.79 Å². The van der Waals surface area contributed by atoms with E-state index >= 15 is 0 Å². The highest BCUT2D eigenvalue weighted by Crippen LogP contribution is 2.26. The van der Waals surface area contributed by atoms with Gasteiger partial charge in [0.25, 0.3) is 0 Å². The first kappa shape index (κ1) is 15.8. The average molecular weight is 292 g/mol. The average Bonchev–Trinajstić information content (AvgIpc) is 2.94. The molecule has 2 rings (SSSR count). The van der Waals surface area contributed by atoms with E-state index < -0.39 is 11.0 Å². The number of benzene rings is 1. The Morgan fingerprint density at radius 2 is 2.10 bits per heavy atom. The fourth-order valence-corrected chi connectivity index (χ4v) is 2.45. The van der Waals surface area contributed by atoms with Gasteiger partial charge in [0.2, 0.25) is 5.91 Å². The summed E-state index contributed by atoms with van der Waals surface area (Å²) in [5.41, 5.74) is 6.30. The number of nitrogens with one attached hydrogen (secondary N) is 1. The monoisotopic (exact) mass is 292 g/mol. The van der Waals surface area contributed by atoms with Crippen molar-refractivity contribution in [1.82, 2.24) is 5.32 Å². The van der Waals surface area contributed by atoms with Gasteiger partial charge in [-0.2, -0.15) is 0 Å². The first-order valence-electron chi connectivity index (χ1n) is 7.17. The normalized spacial score (nSPS) is 22.2. The number of carbonyl (C=O) groups excluding carboxylic acids is 1. The maximum atomic E-state index is 12.5. The Hall–Kier alpha value is -1.59. The molecule has 1 fully saturated rings. The molecule has 0 spiro atoms. The van der Waals surface area contributed by atoms with Gasteiger partial charge in [-0.1, -0.05) is 12.1 Å². The van der Waals surface area contributed by atoms with Crippen molar-refractivity contribution in [3.8, 4) is 0 Å². The van der Waals surface area contributed by atoms with Crippen LogP contribution in [0.2, 0.25) is 0 Å². The molecule has 0 bridgehead atoms. The largest absolute Gasteiger partial charge is 0.399 e. The molecule has 21 heavy (non-hydrogen) atoms. The van der Waals surface area contributed by atoms with Crippen LogP contribution in [0.15, 0.2) is 24.3 Å². The molecule has 1 aromatic rings. The summed E-state index contributed by atoms with van der Waals surface area (Å²) < 4.78 is 10.9. The van der Waals surface area contributed by atoms with Crippen molar-refractivity contribution in [2.45, 2.75) is 31.3 Å². The molecule has 1 aliphatic heterocycles. The Labute approximate surface area is 125 Å². The van der Waals surface area contributed by atoms with Crippen LogP contribution in [0.5, 0.6) is 0 Å². The maximum absolute atomic E-state index is 12.5. The highest BCUT2D eigenvalue weighted by atomic mass is 16.5. The summed E-state index contributed by atoms with van der Waals surface area (Å²) in [5.74, 6) is -0.0319. The fourth-order valence-electron chi connectivity index (χ4n) is 2.45. The predicted octanol–water partition coefficient (Wildman–Crippen LogP) is 1.47. The zero-order chi connectivity index (χ0) is 15.5. The Kier molecular flexibility index (Phi) is 4.54. The van der Waals surface area contributed by atoms with Crippen LogP contribution in [0.1, 0.15) is 25.8 Å². The lowest BCUT2D eigenvalue weighted by Gasteiger charge is -2.29. The second-order valence-electron chi connectivity index (χ2n) is 6.12. The highest BCUT2D eigenvalue weighted by Gasteiger charge is 2.37. The molecule has 116 valence electrons. The molecular formula is C16H24N2O3. The van der Waals surface area contributed by atoms with Gasteiger partial charge >= 0.3 is 0 Å². The molecule has 1 aromatic carbocycles. The van der Waals surface area contributed by atoms with Gasteiger partial charge in [-0.3, -0.25) is 4.79 Å². The van der Waals surface area contributed by atoms with Gasteiger partial charge in [0, 0.05) is 32.4 Å². The van der Waals surface area contributed by atoms with Crippen molar-refractivity contribution in [3.05, 3.63) is 29.8 Å². The van der Waals surface area contributed by atoms with E-state index in [-0.39, 0.29) is 5.91 Å². The molecule has 0 aromatic heterocycles. The minimum Gasteiger partial charge on any atom is -0.399 e. The summed E-state index contributed by atoms with van der Waals surface area (Å²) in [6.45, 7) is 5.45. The molecule has 1 saturated heterocycles. The topological polar surface area (TPSA) is 73.6 Å². The second-order valence-corrected chi connectivity index (χ2v) is 6.12. The van der Waals surface area contributed by atoms with Crippen LogP contribution < -0.4 is 11.1 Å². The van der Waals surface area contributed by atoms with Crippen LogP contribution in [0.25, 0.3) is 0 Å². The summed E-state index contributed by atoms with van der Waals surface area (Å²) in [6, 6.07) is 7.40. The van der Waals surface area contributed by atoms with Crippen molar-refractivity contribution in [1.29, 1.82) is 0 Å². The summed E-state index contributed by atoms with van der Waals surface area (Å²) in [6.07, 6.45) is 0.798. The smallest absolute Gasteiger partial charge is 0.230 e. The summed E-state index contributed by atoms with van der Waals surface area (Å²) >= 11 is 0. The second kappa shape index (κ2) is 6.03. The molecular weight excluding hydrogens is 268 g/mol. The Morgan fingerprint density at radius 1 is 1.43 bits per heavy atom. The molecule has 0 radical (unpaired) electrons. The minimum atomic E-state index is -0.623. The summed E-state index contributed by atoms with van der Waals surface area (Å²) in [7, 11) is 1.66. The van der Waals surface area contributed by atoms with Crippen LogP contribution in [0.3, 0.4) is 0 Å². The third-order valence-corrected chi connectivity index (χ3v) is 4.27. The number of hydrogen-bond acceptors (Lipinski definition) is 4. The van der Waals surface area contributed by atoms with E-state index in [0.717, 1.165) is 12.0 Å². The Balaban J connectivity index is 2.03. The highest BCUT2D eigenvalue weighted by molar-refractivity contribution is 5.87. The van der Waals surface area contributed by atoms with Crippen LogP contribution in [-0.2, 0) is 19.7 Å². The number of anilines is 1. The molecule has 3 N–H and O–H groups in total. The van der Waals surface area contributed by atoms with Gasteiger partial charge in [0.15, 0.2) is 0 Å². The molecule has 0 saturated carbocycles. The van der Waals surface area contributed by atoms with E-state index in [1.54, 1.807) is 7.11 Å². The van der Waals surface area contributed by atoms with E-state index in [1.165, 1.54) is 0 Å². The Morgan fingerprint density at radius 3 is 2.62 bits per heavy atom. The van der Waals surface area contributed by atoms with Gasteiger partial charge in [-0.05, 0) is 31.5 Å². The van der Waals surface area contributed by atoms with Gasteiger partial charge in [-0.25, -0.2) is 0 Å². The zero-order valence-corrected chi connectivity index (χ0v) is 12.9. The third kappa shape index (κ3) is 3.36. The molecule has 5 nitrogen and oxygen atoms in total. The third-order valence-electron chi connectivity index (χ3n) is 4.27. The van der Waals surface area contributed by atoms with Crippen LogP contribution in [-0.4, -0.2) is 38.4 Å². The van der Waals surface area contributed by atoms with Gasteiger partial charge < -0.3 is 20.5 Å². The Bertz CT molecular complexity index is 491. The zero-order valence-electron chi connectivity index (χ0n) is 12.9. The van der Waals surface area contributed by atoms with Crippen LogP contribution in [0.4, 0.5) is 5.69 Å². The summed E-state index contributed by atoms with van der Waals surface area (Å²) in [4.78, 5) is 12.5. The number of carbonyl (C=O) groups is 1. The van der Waals surface area contributed by atoms with Crippen molar-refractivity contribution in [3.63, 3.8) is 0 Å². The molecule has 1 amide bonds. The number of methoxy groups -OCH3 is 1. The molecule has 1 aliphatic rings. The van der Waals surface area contributed by atoms with E-state index in [0.29, 0.717) is 25.4 Å². The van der Waals surface area contributed by atoms with Crippen LogP contribution in [0, 0.1) is 0 Å².